The van der Waals surface area contributed by atoms with E-state index in [9.17, 15) is 0 Å². The summed E-state index contributed by atoms with van der Waals surface area (Å²) in [6.07, 6.45) is 12.4. The van der Waals surface area contributed by atoms with E-state index in [-0.39, 0.29) is 0 Å². The number of piperidine rings is 1. The molecule has 0 aromatic rings. The Morgan fingerprint density at radius 1 is 1.00 bits per heavy atom. The molecule has 3 fully saturated rings. The third-order valence-electron chi connectivity index (χ3n) is 5.66. The molecule has 0 aromatic carbocycles. The largest absolute Gasteiger partial charge is 0.375 e. The van der Waals surface area contributed by atoms with E-state index in [2.05, 4.69) is 12.2 Å². The number of ether oxygens (including phenoxy) is 1. The molecule has 1 saturated carbocycles. The van der Waals surface area contributed by atoms with Crippen LogP contribution in [0.1, 0.15) is 64.7 Å². The molecule has 3 atom stereocenters. The van der Waals surface area contributed by atoms with Crippen LogP contribution in [0.5, 0.6) is 0 Å². The van der Waals surface area contributed by atoms with E-state index in [0.717, 1.165) is 24.5 Å². The number of nitrogens with one attached hydrogen (secondary N) is 1. The lowest BCUT2D eigenvalue weighted by atomic mass is 9.70. The van der Waals surface area contributed by atoms with Gasteiger partial charge in [-0.1, -0.05) is 19.3 Å². The molecule has 2 nitrogen and oxygen atoms in total. The lowest BCUT2D eigenvalue weighted by Crippen LogP contribution is -2.47. The fourth-order valence-corrected chi connectivity index (χ4v) is 4.44. The van der Waals surface area contributed by atoms with Gasteiger partial charge < -0.3 is 10.1 Å². The summed E-state index contributed by atoms with van der Waals surface area (Å²) in [6.45, 7) is 4.60. The molecule has 0 amide bonds. The lowest BCUT2D eigenvalue weighted by molar-refractivity contribution is -0.126. The Kier molecular flexibility index (Phi) is 3.95. The molecule has 1 N–H and O–H groups in total. The van der Waals surface area contributed by atoms with Crippen LogP contribution in [0.15, 0.2) is 0 Å². The molecule has 2 saturated heterocycles. The minimum atomic E-state index is 0.296. The van der Waals surface area contributed by atoms with Gasteiger partial charge in [0.1, 0.15) is 0 Å². The Morgan fingerprint density at radius 3 is 2.56 bits per heavy atom. The van der Waals surface area contributed by atoms with Crippen molar-refractivity contribution < 1.29 is 4.74 Å². The molecule has 3 rings (SSSR count). The summed E-state index contributed by atoms with van der Waals surface area (Å²) in [5.41, 5.74) is 0.296. The van der Waals surface area contributed by atoms with Crippen molar-refractivity contribution in [1.82, 2.24) is 5.32 Å². The van der Waals surface area contributed by atoms with E-state index in [0.29, 0.717) is 5.60 Å². The van der Waals surface area contributed by atoms with Gasteiger partial charge in [0, 0.05) is 12.6 Å². The summed E-state index contributed by atoms with van der Waals surface area (Å²) in [5.74, 6) is 1.85. The van der Waals surface area contributed by atoms with Gasteiger partial charge in [-0.15, -0.1) is 0 Å². The quantitative estimate of drug-likeness (QED) is 0.770. The summed E-state index contributed by atoms with van der Waals surface area (Å²) in [7, 11) is 0. The Morgan fingerprint density at radius 2 is 1.83 bits per heavy atom. The molecular weight excluding hydrogens is 222 g/mol. The van der Waals surface area contributed by atoms with Gasteiger partial charge in [0.15, 0.2) is 0 Å². The van der Waals surface area contributed by atoms with Gasteiger partial charge in [0.05, 0.1) is 5.60 Å². The van der Waals surface area contributed by atoms with Crippen LogP contribution >= 0.6 is 0 Å². The first-order valence-corrected chi connectivity index (χ1v) is 8.15. The molecular formula is C16H29NO. The molecule has 104 valence electrons. The van der Waals surface area contributed by atoms with Crippen molar-refractivity contribution in [3.63, 3.8) is 0 Å². The minimum absolute atomic E-state index is 0.296. The van der Waals surface area contributed by atoms with E-state index in [1.165, 1.54) is 64.3 Å². The summed E-state index contributed by atoms with van der Waals surface area (Å²) in [6, 6.07) is 0.740. The van der Waals surface area contributed by atoms with E-state index < -0.39 is 0 Å². The highest BCUT2D eigenvalue weighted by Gasteiger charge is 2.41. The van der Waals surface area contributed by atoms with Gasteiger partial charge in [-0.2, -0.15) is 0 Å². The van der Waals surface area contributed by atoms with Crippen LogP contribution in [0.2, 0.25) is 0 Å². The van der Waals surface area contributed by atoms with Gasteiger partial charge in [-0.3, -0.25) is 0 Å². The van der Waals surface area contributed by atoms with E-state index in [1.807, 2.05) is 0 Å². The summed E-state index contributed by atoms with van der Waals surface area (Å²) in [5, 5.41) is 3.68. The first-order chi connectivity index (χ1) is 8.77. The Hall–Kier alpha value is -0.0800. The van der Waals surface area contributed by atoms with Gasteiger partial charge in [-0.05, 0) is 63.8 Å². The Balaban J connectivity index is 1.59. The average Bonchev–Trinajstić information content (AvgIpc) is 2.40. The van der Waals surface area contributed by atoms with Crippen LogP contribution in [-0.2, 0) is 4.74 Å². The number of hydrogen-bond donors (Lipinski definition) is 1. The van der Waals surface area contributed by atoms with Gasteiger partial charge in [0.2, 0.25) is 0 Å². The third kappa shape index (κ3) is 2.75. The van der Waals surface area contributed by atoms with Crippen molar-refractivity contribution >= 4 is 0 Å². The fourth-order valence-electron chi connectivity index (χ4n) is 4.44. The molecule has 3 unspecified atom stereocenters. The highest BCUT2D eigenvalue weighted by atomic mass is 16.5. The van der Waals surface area contributed by atoms with Crippen LogP contribution in [0.4, 0.5) is 0 Å². The van der Waals surface area contributed by atoms with Crippen molar-refractivity contribution in [2.45, 2.75) is 76.4 Å². The predicted octanol–water partition coefficient (Wildman–Crippen LogP) is 3.50. The molecule has 1 spiro atoms. The number of rotatable bonds is 1. The second-order valence-corrected chi connectivity index (χ2v) is 6.99. The topological polar surface area (TPSA) is 21.3 Å². The average molecular weight is 251 g/mol. The van der Waals surface area contributed by atoms with E-state index >= 15 is 0 Å². The number of hydrogen-bond acceptors (Lipinski definition) is 2. The molecule has 18 heavy (non-hydrogen) atoms. The smallest absolute Gasteiger partial charge is 0.0685 e. The summed E-state index contributed by atoms with van der Waals surface area (Å²) in [4.78, 5) is 0. The normalized spacial score (nSPS) is 40.8. The van der Waals surface area contributed by atoms with Gasteiger partial charge in [-0.25, -0.2) is 0 Å². The monoisotopic (exact) mass is 251 g/mol. The SMILES string of the molecule is CC1CCC(C2CCOC3(CCCCC3)C2)CN1. The maximum Gasteiger partial charge on any atom is 0.0685 e. The van der Waals surface area contributed by atoms with Crippen LogP contribution in [0, 0.1) is 11.8 Å². The fraction of sp³-hybridized carbons (Fsp3) is 1.00. The first kappa shape index (κ1) is 12.9. The molecule has 2 heteroatoms. The molecule has 0 bridgehead atoms. The van der Waals surface area contributed by atoms with Crippen molar-refractivity contribution in [3.05, 3.63) is 0 Å². The predicted molar refractivity (Wildman–Crippen MR) is 74.7 cm³/mol. The Labute approximate surface area is 112 Å². The molecule has 1 aliphatic carbocycles. The minimum Gasteiger partial charge on any atom is -0.375 e. The van der Waals surface area contributed by atoms with Crippen LogP contribution in [0.3, 0.4) is 0 Å². The molecule has 2 heterocycles. The van der Waals surface area contributed by atoms with Crippen LogP contribution < -0.4 is 5.32 Å². The lowest BCUT2D eigenvalue weighted by Gasteiger charge is -2.46. The van der Waals surface area contributed by atoms with Crippen molar-refractivity contribution in [3.8, 4) is 0 Å². The summed E-state index contributed by atoms with van der Waals surface area (Å²) >= 11 is 0. The van der Waals surface area contributed by atoms with Crippen molar-refractivity contribution in [2.24, 2.45) is 11.8 Å². The van der Waals surface area contributed by atoms with Crippen molar-refractivity contribution in [2.75, 3.05) is 13.2 Å². The first-order valence-electron chi connectivity index (χ1n) is 8.15. The molecule has 0 aromatic heterocycles. The van der Waals surface area contributed by atoms with Crippen LogP contribution in [-0.4, -0.2) is 24.8 Å². The van der Waals surface area contributed by atoms with Gasteiger partial charge in [0.25, 0.3) is 0 Å². The highest BCUT2D eigenvalue weighted by molar-refractivity contribution is 4.92. The maximum absolute atomic E-state index is 6.23. The molecule has 3 aliphatic rings. The van der Waals surface area contributed by atoms with E-state index in [1.54, 1.807) is 0 Å². The van der Waals surface area contributed by atoms with Crippen LogP contribution in [0.25, 0.3) is 0 Å². The zero-order valence-electron chi connectivity index (χ0n) is 11.9. The summed E-state index contributed by atoms with van der Waals surface area (Å²) < 4.78 is 6.23. The van der Waals surface area contributed by atoms with E-state index in [4.69, 9.17) is 4.74 Å². The second kappa shape index (κ2) is 5.50. The molecule has 0 radical (unpaired) electrons. The Bertz CT molecular complexity index is 259. The van der Waals surface area contributed by atoms with Crippen molar-refractivity contribution in [1.29, 1.82) is 0 Å². The maximum atomic E-state index is 6.23. The molecule has 2 aliphatic heterocycles. The standard InChI is InChI=1S/C16H29NO/c1-13-5-6-15(12-17-13)14-7-10-18-16(11-14)8-3-2-4-9-16/h13-15,17H,2-12H2,1H3. The third-order valence-corrected chi connectivity index (χ3v) is 5.66. The highest BCUT2D eigenvalue weighted by Crippen LogP contribution is 2.43. The second-order valence-electron chi connectivity index (χ2n) is 6.99. The zero-order chi connectivity index (χ0) is 12.4. The zero-order valence-corrected chi connectivity index (χ0v) is 11.9. The van der Waals surface area contributed by atoms with Gasteiger partial charge >= 0.3 is 0 Å².